The lowest BCUT2D eigenvalue weighted by atomic mass is 10.0. The molecule has 1 aromatic heterocycles. The van der Waals surface area contributed by atoms with Gasteiger partial charge in [-0.2, -0.15) is 0 Å². The number of carboxylic acid groups (broad SMARTS) is 1. The Balaban J connectivity index is 1.84. The highest BCUT2D eigenvalue weighted by molar-refractivity contribution is 5.90. The number of carbonyl (C=O) groups is 1. The number of aromatic hydroxyl groups is 2. The smallest absolute Gasteiger partial charge is 0.204 e. The summed E-state index contributed by atoms with van der Waals surface area (Å²) in [6.07, 6.45) is 2.35. The van der Waals surface area contributed by atoms with Gasteiger partial charge in [0, 0.05) is 18.9 Å². The average molecular weight is 399 g/mol. The predicted molar refractivity (Wildman–Crippen MR) is 98.8 cm³/mol. The summed E-state index contributed by atoms with van der Waals surface area (Å²) in [5.74, 6) is -2.36. The molecule has 3 aromatic rings. The monoisotopic (exact) mass is 399 g/mol. The van der Waals surface area contributed by atoms with Crippen molar-refractivity contribution in [2.45, 2.75) is 25.4 Å². The number of benzene rings is 2. The van der Waals surface area contributed by atoms with Crippen LogP contribution in [0.4, 0.5) is 4.39 Å². The van der Waals surface area contributed by atoms with E-state index in [9.17, 15) is 29.3 Å². The van der Waals surface area contributed by atoms with Crippen molar-refractivity contribution in [3.63, 3.8) is 0 Å². The summed E-state index contributed by atoms with van der Waals surface area (Å²) in [4.78, 5) is 25.0. The van der Waals surface area contributed by atoms with Crippen LogP contribution in [-0.4, -0.2) is 28.8 Å². The summed E-state index contributed by atoms with van der Waals surface area (Å²) < 4.78 is 18.8. The van der Waals surface area contributed by atoms with Gasteiger partial charge in [-0.25, -0.2) is 4.39 Å². The van der Waals surface area contributed by atoms with E-state index < -0.39 is 29.0 Å². The number of aliphatic carboxylic acids is 1. The Hall–Kier alpha value is -3.39. The molecule has 0 bridgehead atoms. The minimum absolute atomic E-state index is 0.00476. The third kappa shape index (κ3) is 3.31. The van der Waals surface area contributed by atoms with Gasteiger partial charge in [-0.05, 0) is 17.7 Å². The molecule has 2 heterocycles. The van der Waals surface area contributed by atoms with Crippen LogP contribution in [0, 0.1) is 5.82 Å². The number of phenols is 2. The summed E-state index contributed by atoms with van der Waals surface area (Å²) in [6.45, 7) is 0.665. The van der Waals surface area contributed by atoms with Crippen LogP contribution in [0.25, 0.3) is 22.1 Å². The first kappa shape index (κ1) is 18.9. The first-order chi connectivity index (χ1) is 13.9. The highest BCUT2D eigenvalue weighted by Gasteiger charge is 2.32. The van der Waals surface area contributed by atoms with E-state index >= 15 is 0 Å². The van der Waals surface area contributed by atoms with Crippen molar-refractivity contribution in [2.24, 2.45) is 0 Å². The summed E-state index contributed by atoms with van der Waals surface area (Å²) in [5.41, 5.74) is 0.242. The summed E-state index contributed by atoms with van der Waals surface area (Å²) in [6, 6.07) is 5.58. The lowest BCUT2D eigenvalue weighted by Crippen LogP contribution is -3.14. The van der Waals surface area contributed by atoms with Gasteiger partial charge in [0.1, 0.15) is 41.6 Å². The number of rotatable bonds is 4. The molecule has 1 unspecified atom stereocenters. The molecule has 1 fully saturated rings. The largest absolute Gasteiger partial charge is 0.544 e. The van der Waals surface area contributed by atoms with Crippen LogP contribution in [0.2, 0.25) is 0 Å². The molecule has 29 heavy (non-hydrogen) atoms. The molecule has 8 heteroatoms. The molecule has 1 saturated heterocycles. The minimum atomic E-state index is -1.17. The predicted octanol–water partition coefficient (Wildman–Crippen LogP) is 0.308. The summed E-state index contributed by atoms with van der Waals surface area (Å²) in [7, 11) is 0. The number of quaternary nitrogens is 1. The van der Waals surface area contributed by atoms with Crippen LogP contribution in [0.15, 0.2) is 45.8 Å². The zero-order chi connectivity index (χ0) is 20.7. The van der Waals surface area contributed by atoms with E-state index in [0.717, 1.165) is 6.07 Å². The number of likely N-dealkylation sites (tertiary alicyclic amines) is 1. The molecule has 0 radical (unpaired) electrons. The van der Waals surface area contributed by atoms with Gasteiger partial charge < -0.3 is 29.4 Å². The van der Waals surface area contributed by atoms with Crippen molar-refractivity contribution < 1.29 is 33.8 Å². The Kier molecular flexibility index (Phi) is 4.71. The zero-order valence-corrected chi connectivity index (χ0v) is 15.3. The number of hydrogen-bond donors (Lipinski definition) is 3. The van der Waals surface area contributed by atoms with Crippen LogP contribution >= 0.6 is 0 Å². The van der Waals surface area contributed by atoms with Gasteiger partial charge in [0.2, 0.25) is 5.43 Å². The number of carbonyl (C=O) groups excluding carboxylic acids is 1. The maximum atomic E-state index is 13.2. The van der Waals surface area contributed by atoms with Gasteiger partial charge in [-0.1, -0.05) is 12.1 Å². The SMILES string of the molecule is O=C([O-])[C@H]1CCC[NH+]1Cc1c(O)cc(O)c2c(=O)c(-c3ccc(F)cc3)coc12. The fourth-order valence-corrected chi connectivity index (χ4v) is 3.96. The quantitative estimate of drug-likeness (QED) is 0.582. The van der Waals surface area contributed by atoms with Crippen molar-refractivity contribution in [2.75, 3.05) is 6.54 Å². The van der Waals surface area contributed by atoms with Gasteiger partial charge in [0.25, 0.3) is 0 Å². The number of fused-ring (bicyclic) bond motifs is 1. The van der Waals surface area contributed by atoms with Gasteiger partial charge in [-0.3, -0.25) is 4.79 Å². The van der Waals surface area contributed by atoms with Crippen LogP contribution in [0.3, 0.4) is 0 Å². The standard InChI is InChI=1S/C21H18FNO6/c22-12-5-3-11(4-6-12)14-10-29-20-13(9-23-7-1-2-15(23)21(27)28)16(24)8-17(25)18(20)19(14)26/h3-6,8,10,15,24-25H,1-2,7,9H2,(H,27,28)/t15-/m1/s1. The second-order valence-corrected chi connectivity index (χ2v) is 7.18. The van der Waals surface area contributed by atoms with Crippen LogP contribution < -0.4 is 15.4 Å². The topological polar surface area (TPSA) is 115 Å². The lowest BCUT2D eigenvalue weighted by molar-refractivity contribution is -0.919. The van der Waals surface area contributed by atoms with Crippen molar-refractivity contribution in [3.8, 4) is 22.6 Å². The number of halogens is 1. The summed E-state index contributed by atoms with van der Waals surface area (Å²) in [5, 5.41) is 31.9. The lowest BCUT2D eigenvalue weighted by Gasteiger charge is -2.23. The van der Waals surface area contributed by atoms with Crippen LogP contribution in [0.1, 0.15) is 18.4 Å². The number of hydrogen-bond acceptors (Lipinski definition) is 6. The Labute approximate surface area is 164 Å². The number of nitrogens with one attached hydrogen (secondary N) is 1. The van der Waals surface area contributed by atoms with E-state index in [2.05, 4.69) is 0 Å². The van der Waals surface area contributed by atoms with Gasteiger partial charge in [-0.15, -0.1) is 0 Å². The van der Waals surface area contributed by atoms with Crippen LogP contribution in [-0.2, 0) is 11.3 Å². The highest BCUT2D eigenvalue weighted by Crippen LogP contribution is 2.34. The first-order valence-corrected chi connectivity index (χ1v) is 9.17. The molecule has 3 N–H and O–H groups in total. The van der Waals surface area contributed by atoms with E-state index in [4.69, 9.17) is 4.42 Å². The third-order valence-electron chi connectivity index (χ3n) is 5.43. The van der Waals surface area contributed by atoms with Gasteiger partial charge in [0.15, 0.2) is 5.58 Å². The molecule has 150 valence electrons. The molecule has 0 saturated carbocycles. The Morgan fingerprint density at radius 1 is 1.24 bits per heavy atom. The molecule has 1 aliphatic rings. The molecule has 0 amide bonds. The van der Waals surface area contributed by atoms with Crippen molar-refractivity contribution in [3.05, 3.63) is 58.2 Å². The van der Waals surface area contributed by atoms with Gasteiger partial charge >= 0.3 is 0 Å². The highest BCUT2D eigenvalue weighted by atomic mass is 19.1. The molecular weight excluding hydrogens is 381 g/mol. The van der Waals surface area contributed by atoms with Crippen molar-refractivity contribution in [1.29, 1.82) is 0 Å². The third-order valence-corrected chi connectivity index (χ3v) is 5.43. The minimum Gasteiger partial charge on any atom is -0.544 e. The fraction of sp³-hybridized carbons (Fsp3) is 0.238. The maximum Gasteiger partial charge on any atom is 0.204 e. The molecule has 0 aliphatic carbocycles. The average Bonchev–Trinajstić information content (AvgIpc) is 3.14. The van der Waals surface area contributed by atoms with E-state index in [0.29, 0.717) is 29.8 Å². The van der Waals surface area contributed by atoms with Crippen molar-refractivity contribution >= 4 is 16.9 Å². The Morgan fingerprint density at radius 3 is 2.66 bits per heavy atom. The van der Waals surface area contributed by atoms with Gasteiger partial charge in [0.05, 0.1) is 23.6 Å². The Bertz CT molecular complexity index is 1150. The number of phenolic OH excluding ortho intramolecular Hbond substituents is 2. The van der Waals surface area contributed by atoms with Crippen molar-refractivity contribution in [1.82, 2.24) is 0 Å². The molecule has 1 aliphatic heterocycles. The van der Waals surface area contributed by atoms with E-state index in [1.54, 1.807) is 0 Å². The van der Waals surface area contributed by atoms with E-state index in [1.807, 2.05) is 0 Å². The van der Waals surface area contributed by atoms with E-state index in [1.165, 1.54) is 30.5 Å². The molecule has 7 nitrogen and oxygen atoms in total. The first-order valence-electron chi connectivity index (χ1n) is 9.17. The number of carboxylic acids is 1. The molecular formula is C21H18FNO6. The molecule has 4 rings (SSSR count). The summed E-state index contributed by atoms with van der Waals surface area (Å²) >= 11 is 0. The molecule has 0 spiro atoms. The second kappa shape index (κ2) is 7.21. The van der Waals surface area contributed by atoms with E-state index in [-0.39, 0.29) is 34.4 Å². The Morgan fingerprint density at radius 2 is 1.97 bits per heavy atom. The fourth-order valence-electron chi connectivity index (χ4n) is 3.96. The zero-order valence-electron chi connectivity index (χ0n) is 15.3. The normalized spacial score (nSPS) is 18.9. The van der Waals surface area contributed by atoms with Crippen LogP contribution in [0.5, 0.6) is 11.5 Å². The second-order valence-electron chi connectivity index (χ2n) is 7.18. The maximum absolute atomic E-state index is 13.2. The molecule has 2 atom stereocenters. The molecule has 2 aromatic carbocycles.